The van der Waals surface area contributed by atoms with Crippen molar-refractivity contribution >= 4 is 5.91 Å². The van der Waals surface area contributed by atoms with E-state index in [0.717, 1.165) is 38.4 Å². The first kappa shape index (κ1) is 14.8. The van der Waals surface area contributed by atoms with Crippen LogP contribution < -0.4 is 5.32 Å². The molecule has 0 aromatic heterocycles. The molecule has 2 N–H and O–H groups in total. The number of carbonyl (C=O) groups excluding carboxylic acids is 1. The lowest BCUT2D eigenvalue weighted by Gasteiger charge is -2.29. The highest BCUT2D eigenvalue weighted by Crippen LogP contribution is 2.15. The summed E-state index contributed by atoms with van der Waals surface area (Å²) in [6.45, 7) is 8.00. The Morgan fingerprint density at radius 1 is 1.45 bits per heavy atom. The number of hydrogen-bond donors (Lipinski definition) is 2. The van der Waals surface area contributed by atoms with E-state index in [9.17, 15) is 9.90 Å². The fourth-order valence-electron chi connectivity index (χ4n) is 2.42. The maximum absolute atomic E-state index is 12.2. The molecular formula is C15H22N2O3. The van der Waals surface area contributed by atoms with Crippen LogP contribution in [0.15, 0.2) is 18.2 Å². The average Bonchev–Trinajstić information content (AvgIpc) is 2.39. The van der Waals surface area contributed by atoms with Crippen molar-refractivity contribution in [3.63, 3.8) is 0 Å². The third kappa shape index (κ3) is 3.95. The molecule has 1 saturated heterocycles. The predicted octanol–water partition coefficient (Wildman–Crippen LogP) is 1.15. The average molecular weight is 278 g/mol. The standard InChI is InChI=1S/C15H22N2O3/c1-11-9-13(18)3-4-14(11)15(19)16-12(2)10-17-5-7-20-8-6-17/h3-4,9,12,18H,5-8,10H2,1-2H3,(H,16,19). The summed E-state index contributed by atoms with van der Waals surface area (Å²) in [6.07, 6.45) is 0. The number of aromatic hydroxyl groups is 1. The van der Waals surface area contributed by atoms with Crippen molar-refractivity contribution in [3.8, 4) is 5.75 Å². The van der Waals surface area contributed by atoms with Crippen LogP contribution in [0.5, 0.6) is 5.75 Å². The second kappa shape index (κ2) is 6.72. The zero-order valence-electron chi connectivity index (χ0n) is 12.1. The number of morpholine rings is 1. The SMILES string of the molecule is Cc1cc(O)ccc1C(=O)NC(C)CN1CCOCC1. The van der Waals surface area contributed by atoms with Gasteiger partial charge < -0.3 is 15.2 Å². The highest BCUT2D eigenvalue weighted by Gasteiger charge is 2.16. The first-order chi connectivity index (χ1) is 9.56. The van der Waals surface area contributed by atoms with Gasteiger partial charge in [-0.05, 0) is 37.6 Å². The van der Waals surface area contributed by atoms with Gasteiger partial charge in [0.1, 0.15) is 5.75 Å². The fourth-order valence-corrected chi connectivity index (χ4v) is 2.42. The van der Waals surface area contributed by atoms with Gasteiger partial charge in [-0.2, -0.15) is 0 Å². The van der Waals surface area contributed by atoms with Gasteiger partial charge in [0, 0.05) is 31.2 Å². The highest BCUT2D eigenvalue weighted by atomic mass is 16.5. The molecule has 5 heteroatoms. The third-order valence-corrected chi connectivity index (χ3v) is 3.47. The van der Waals surface area contributed by atoms with E-state index in [1.165, 1.54) is 6.07 Å². The number of carbonyl (C=O) groups is 1. The van der Waals surface area contributed by atoms with Crippen LogP contribution >= 0.6 is 0 Å². The summed E-state index contributed by atoms with van der Waals surface area (Å²) in [4.78, 5) is 14.5. The number of amides is 1. The second-order valence-corrected chi connectivity index (χ2v) is 5.29. The molecular weight excluding hydrogens is 256 g/mol. The van der Waals surface area contributed by atoms with Gasteiger partial charge in [0.25, 0.3) is 5.91 Å². The minimum atomic E-state index is -0.0942. The van der Waals surface area contributed by atoms with E-state index in [-0.39, 0.29) is 17.7 Å². The summed E-state index contributed by atoms with van der Waals surface area (Å²) < 4.78 is 5.31. The number of phenols is 1. The van der Waals surface area contributed by atoms with Crippen molar-refractivity contribution in [3.05, 3.63) is 29.3 Å². The molecule has 1 aliphatic heterocycles. The van der Waals surface area contributed by atoms with Crippen molar-refractivity contribution < 1.29 is 14.6 Å². The third-order valence-electron chi connectivity index (χ3n) is 3.47. The molecule has 110 valence electrons. The van der Waals surface area contributed by atoms with Gasteiger partial charge in [-0.3, -0.25) is 9.69 Å². The van der Waals surface area contributed by atoms with Gasteiger partial charge in [-0.25, -0.2) is 0 Å². The number of nitrogens with zero attached hydrogens (tertiary/aromatic N) is 1. The van der Waals surface area contributed by atoms with Crippen LogP contribution in [0.2, 0.25) is 0 Å². The number of phenolic OH excluding ortho intramolecular Hbond substituents is 1. The lowest BCUT2D eigenvalue weighted by molar-refractivity contribution is 0.0342. The molecule has 0 spiro atoms. The zero-order valence-corrected chi connectivity index (χ0v) is 12.1. The maximum atomic E-state index is 12.2. The number of hydrogen-bond acceptors (Lipinski definition) is 4. The van der Waals surface area contributed by atoms with Crippen LogP contribution in [0.3, 0.4) is 0 Å². The summed E-state index contributed by atoms with van der Waals surface area (Å²) in [5.41, 5.74) is 1.39. The molecule has 1 aromatic carbocycles. The van der Waals surface area contributed by atoms with Crippen molar-refractivity contribution in [2.24, 2.45) is 0 Å². The molecule has 1 fully saturated rings. The topological polar surface area (TPSA) is 61.8 Å². The van der Waals surface area contributed by atoms with Gasteiger partial charge in [-0.1, -0.05) is 0 Å². The number of nitrogens with one attached hydrogen (secondary N) is 1. The minimum Gasteiger partial charge on any atom is -0.508 e. The van der Waals surface area contributed by atoms with Crippen molar-refractivity contribution in [1.29, 1.82) is 0 Å². The van der Waals surface area contributed by atoms with Gasteiger partial charge in [0.15, 0.2) is 0 Å². The van der Waals surface area contributed by atoms with Crippen molar-refractivity contribution in [2.75, 3.05) is 32.8 Å². The van der Waals surface area contributed by atoms with Crippen molar-refractivity contribution in [2.45, 2.75) is 19.9 Å². The van der Waals surface area contributed by atoms with Crippen LogP contribution in [0.1, 0.15) is 22.8 Å². The molecule has 1 heterocycles. The molecule has 0 aliphatic carbocycles. The molecule has 0 bridgehead atoms. The highest BCUT2D eigenvalue weighted by molar-refractivity contribution is 5.95. The van der Waals surface area contributed by atoms with E-state index in [2.05, 4.69) is 10.2 Å². The van der Waals surface area contributed by atoms with Crippen LogP contribution in [0.25, 0.3) is 0 Å². The molecule has 1 aromatic rings. The lowest BCUT2D eigenvalue weighted by Crippen LogP contribution is -2.46. The Morgan fingerprint density at radius 2 is 2.15 bits per heavy atom. The second-order valence-electron chi connectivity index (χ2n) is 5.29. The summed E-state index contributed by atoms with van der Waals surface area (Å²) in [6, 6.07) is 4.87. The Kier molecular flexibility index (Phi) is 4.98. The summed E-state index contributed by atoms with van der Waals surface area (Å²) >= 11 is 0. The molecule has 2 rings (SSSR count). The zero-order chi connectivity index (χ0) is 14.5. The van der Waals surface area contributed by atoms with Crippen LogP contribution in [-0.2, 0) is 4.74 Å². The largest absolute Gasteiger partial charge is 0.508 e. The van der Waals surface area contributed by atoms with Gasteiger partial charge >= 0.3 is 0 Å². The van der Waals surface area contributed by atoms with Crippen molar-refractivity contribution in [1.82, 2.24) is 10.2 Å². The van der Waals surface area contributed by atoms with E-state index < -0.39 is 0 Å². The normalized spacial score (nSPS) is 17.7. The van der Waals surface area contributed by atoms with Gasteiger partial charge in [0.2, 0.25) is 0 Å². The Hall–Kier alpha value is -1.59. The fraction of sp³-hybridized carbons (Fsp3) is 0.533. The molecule has 5 nitrogen and oxygen atoms in total. The van der Waals surface area contributed by atoms with Crippen LogP contribution in [0, 0.1) is 6.92 Å². The molecule has 1 atom stereocenters. The number of aryl methyl sites for hydroxylation is 1. The smallest absolute Gasteiger partial charge is 0.251 e. The van der Waals surface area contributed by atoms with E-state index >= 15 is 0 Å². The Labute approximate surface area is 119 Å². The number of benzene rings is 1. The molecule has 1 aliphatic rings. The predicted molar refractivity (Wildman–Crippen MR) is 77.0 cm³/mol. The maximum Gasteiger partial charge on any atom is 0.251 e. The monoisotopic (exact) mass is 278 g/mol. The molecule has 1 amide bonds. The molecule has 1 unspecified atom stereocenters. The van der Waals surface area contributed by atoms with E-state index in [1.54, 1.807) is 12.1 Å². The van der Waals surface area contributed by atoms with E-state index in [4.69, 9.17) is 4.74 Å². The quantitative estimate of drug-likeness (QED) is 0.867. The Balaban J connectivity index is 1.89. The summed E-state index contributed by atoms with van der Waals surface area (Å²) in [5.74, 6) is 0.0867. The molecule has 0 radical (unpaired) electrons. The first-order valence-electron chi connectivity index (χ1n) is 6.97. The van der Waals surface area contributed by atoms with Crippen LogP contribution in [-0.4, -0.2) is 54.8 Å². The van der Waals surface area contributed by atoms with Crippen LogP contribution in [0.4, 0.5) is 0 Å². The molecule has 20 heavy (non-hydrogen) atoms. The van der Waals surface area contributed by atoms with E-state index in [0.29, 0.717) is 5.56 Å². The lowest BCUT2D eigenvalue weighted by atomic mass is 10.1. The molecule has 0 saturated carbocycles. The first-order valence-corrected chi connectivity index (χ1v) is 6.97. The van der Waals surface area contributed by atoms with Gasteiger partial charge in [-0.15, -0.1) is 0 Å². The van der Waals surface area contributed by atoms with E-state index in [1.807, 2.05) is 13.8 Å². The van der Waals surface area contributed by atoms with Gasteiger partial charge in [0.05, 0.1) is 13.2 Å². The summed E-state index contributed by atoms with van der Waals surface area (Å²) in [7, 11) is 0. The summed E-state index contributed by atoms with van der Waals surface area (Å²) in [5, 5.41) is 12.4. The number of rotatable bonds is 4. The minimum absolute atomic E-state index is 0.0776. The Morgan fingerprint density at radius 3 is 2.80 bits per heavy atom. The Bertz CT molecular complexity index is 470. The number of ether oxygens (including phenoxy) is 1.